The lowest BCUT2D eigenvalue weighted by Gasteiger charge is -2.36. The van der Waals surface area contributed by atoms with Gasteiger partial charge in [-0.25, -0.2) is 9.37 Å². The molecule has 6 aromatic rings. The molecule has 0 aliphatic carbocycles. The van der Waals surface area contributed by atoms with Crippen LogP contribution < -0.4 is 20.5 Å². The molecule has 0 saturated carbocycles. The first kappa shape index (κ1) is 40.5. The van der Waals surface area contributed by atoms with Crippen LogP contribution in [-0.2, 0) is 42.3 Å². The summed E-state index contributed by atoms with van der Waals surface area (Å²) in [5.74, 6) is -2.05. The summed E-state index contributed by atoms with van der Waals surface area (Å²) in [7, 11) is 1.88. The van der Waals surface area contributed by atoms with Crippen LogP contribution in [0.15, 0.2) is 71.8 Å². The first-order chi connectivity index (χ1) is 28.8. The normalized spacial score (nSPS) is 14.8. The number of nitrogens with zero attached hydrogens (tertiary/aromatic N) is 8. The molecule has 2 aromatic carbocycles. The third kappa shape index (κ3) is 7.79. The highest BCUT2D eigenvalue weighted by Gasteiger charge is 2.35. The minimum absolute atomic E-state index is 0.0436. The molecule has 1 fully saturated rings. The highest BCUT2D eigenvalue weighted by atomic mass is 35.5. The van der Waals surface area contributed by atoms with Crippen LogP contribution in [0.5, 0.6) is 5.75 Å². The number of piperazine rings is 1. The predicted octanol–water partition coefficient (Wildman–Crippen LogP) is 6.14. The monoisotopic (exact) mass is 847 g/mol. The second-order valence-electron chi connectivity index (χ2n) is 14.3. The Kier molecular flexibility index (Phi) is 11.1. The number of carbonyl (C=O) groups is 2. The van der Waals surface area contributed by atoms with E-state index in [2.05, 4.69) is 20.4 Å². The number of halogens is 5. The molecule has 60 heavy (non-hydrogen) atoms. The van der Waals surface area contributed by atoms with E-state index < -0.39 is 40.6 Å². The molecule has 1 N–H and O–H groups in total. The van der Waals surface area contributed by atoms with Crippen LogP contribution in [0.3, 0.4) is 0 Å². The van der Waals surface area contributed by atoms with Gasteiger partial charge in [-0.15, -0.1) is 5.10 Å². The van der Waals surface area contributed by atoms with E-state index in [-0.39, 0.29) is 73.8 Å². The maximum atomic E-state index is 14.5. The number of ether oxygens (including phenoxy) is 2. The topological polar surface area (TPSA) is 141 Å². The summed E-state index contributed by atoms with van der Waals surface area (Å²) in [5.41, 5.74) is 0.836. The van der Waals surface area contributed by atoms with Crippen molar-refractivity contribution in [2.75, 3.05) is 49.6 Å². The zero-order valence-corrected chi connectivity index (χ0v) is 33.2. The number of alkyl halides is 3. The highest BCUT2D eigenvalue weighted by Crippen LogP contribution is 2.36. The van der Waals surface area contributed by atoms with Crippen LogP contribution in [0.1, 0.15) is 46.5 Å². The summed E-state index contributed by atoms with van der Waals surface area (Å²) < 4.78 is 70.7. The number of anilines is 2. The van der Waals surface area contributed by atoms with E-state index in [0.29, 0.717) is 43.2 Å². The van der Waals surface area contributed by atoms with Crippen molar-refractivity contribution >= 4 is 57.0 Å². The molecule has 0 radical (unpaired) electrons. The molecule has 2 aliphatic heterocycles. The second kappa shape index (κ2) is 16.4. The van der Waals surface area contributed by atoms with Crippen LogP contribution >= 0.6 is 11.6 Å². The molecule has 4 aromatic heterocycles. The number of nitrogens with one attached hydrogen (secondary N) is 1. The van der Waals surface area contributed by atoms with Crippen LogP contribution in [0.4, 0.5) is 28.9 Å². The molecule has 2 aliphatic rings. The standard InChI is InChI=1S/C41H38ClF4N9O5/c1-3-31-35(52-13-15-53(16-14-52)38(57)34-36(60-23-24-7-5-4-6-8-24)26-9-12-51(2)32(26)21-47-34)39(58)55-40(49-37(50-55)25-10-17-59-18-11-25)54(31)22-33(56)48-30-20-29(43)27(19-28(30)42)41(44,45)46/h4-10,12,19-21H,3,11,13-18,22-23H2,1-2H3,(H,48,56). The molecule has 6 heterocycles. The van der Waals surface area contributed by atoms with Crippen molar-refractivity contribution < 1.29 is 36.6 Å². The Hall–Kier alpha value is -6.27. The zero-order chi connectivity index (χ0) is 42.3. The molecule has 0 bridgehead atoms. The number of hydrogen-bond donors (Lipinski definition) is 1. The van der Waals surface area contributed by atoms with Gasteiger partial charge in [-0.2, -0.15) is 22.7 Å². The quantitative estimate of drug-likeness (QED) is 0.161. The fourth-order valence-corrected chi connectivity index (χ4v) is 7.72. The van der Waals surface area contributed by atoms with E-state index >= 15 is 0 Å². The van der Waals surface area contributed by atoms with Crippen molar-refractivity contribution in [2.45, 2.75) is 39.1 Å². The van der Waals surface area contributed by atoms with Crippen LogP contribution in [0.2, 0.25) is 5.02 Å². The molecular weight excluding hydrogens is 810 g/mol. The van der Waals surface area contributed by atoms with Gasteiger partial charge >= 0.3 is 6.18 Å². The van der Waals surface area contributed by atoms with Gasteiger partial charge < -0.3 is 33.7 Å². The van der Waals surface area contributed by atoms with Crippen LogP contribution in [0, 0.1) is 5.82 Å². The van der Waals surface area contributed by atoms with Crippen molar-refractivity contribution in [3.05, 3.63) is 117 Å². The number of aromatic nitrogens is 6. The number of hydrogen-bond acceptors (Lipinski definition) is 9. The number of benzene rings is 2. The van der Waals surface area contributed by atoms with Gasteiger partial charge in [-0.3, -0.25) is 14.4 Å². The van der Waals surface area contributed by atoms with Crippen LogP contribution in [0.25, 0.3) is 22.3 Å². The first-order valence-corrected chi connectivity index (χ1v) is 19.5. The minimum Gasteiger partial charge on any atom is -0.486 e. The Morgan fingerprint density at radius 1 is 1.07 bits per heavy atom. The van der Waals surface area contributed by atoms with E-state index in [1.807, 2.05) is 59.1 Å². The van der Waals surface area contributed by atoms with E-state index in [4.69, 9.17) is 21.1 Å². The summed E-state index contributed by atoms with van der Waals surface area (Å²) in [6.45, 7) is 3.14. The van der Waals surface area contributed by atoms with E-state index in [9.17, 15) is 31.9 Å². The van der Waals surface area contributed by atoms with E-state index in [0.717, 1.165) is 26.6 Å². The average Bonchev–Trinajstić information content (AvgIpc) is 3.87. The number of carbonyl (C=O) groups excluding carboxylic acids is 2. The molecular formula is C41H38ClF4N9O5. The van der Waals surface area contributed by atoms with E-state index in [1.165, 1.54) is 4.57 Å². The molecule has 19 heteroatoms. The third-order valence-corrected chi connectivity index (χ3v) is 10.9. The average molecular weight is 848 g/mol. The van der Waals surface area contributed by atoms with Gasteiger partial charge in [0.05, 0.1) is 46.9 Å². The summed E-state index contributed by atoms with van der Waals surface area (Å²) in [4.78, 5) is 55.0. The molecule has 0 unspecified atom stereocenters. The SMILES string of the molecule is CCc1c(N2CCN(C(=O)c3ncc4c(ccn4C)c3OCc3ccccc3)CC2)c(=O)n2nc(C3=CCOCC3)nc2n1CC(=O)Nc1cc(F)c(C(F)(F)F)cc1Cl. The Morgan fingerprint density at radius 2 is 1.83 bits per heavy atom. The van der Waals surface area contributed by atoms with Crippen molar-refractivity contribution in [2.24, 2.45) is 7.05 Å². The van der Waals surface area contributed by atoms with Crippen molar-refractivity contribution in [1.82, 2.24) is 33.6 Å². The summed E-state index contributed by atoms with van der Waals surface area (Å²) in [6, 6.07) is 12.4. The Morgan fingerprint density at radius 3 is 2.53 bits per heavy atom. The maximum Gasteiger partial charge on any atom is 0.419 e. The summed E-state index contributed by atoms with van der Waals surface area (Å²) in [6.07, 6.45) is 1.04. The van der Waals surface area contributed by atoms with Crippen LogP contribution in [-0.4, -0.2) is 84.8 Å². The molecule has 312 valence electrons. The highest BCUT2D eigenvalue weighted by molar-refractivity contribution is 6.33. The molecule has 0 atom stereocenters. The van der Waals surface area contributed by atoms with Gasteiger partial charge in [0.2, 0.25) is 11.7 Å². The molecule has 0 spiro atoms. The van der Waals surface area contributed by atoms with E-state index in [1.54, 1.807) is 24.1 Å². The predicted molar refractivity (Wildman–Crippen MR) is 215 cm³/mol. The molecule has 1 saturated heterocycles. The molecule has 2 amide bonds. The van der Waals surface area contributed by atoms with Crippen molar-refractivity contribution in [3.8, 4) is 5.75 Å². The number of amides is 2. The maximum absolute atomic E-state index is 14.5. The fourth-order valence-electron chi connectivity index (χ4n) is 7.51. The second-order valence-corrected chi connectivity index (χ2v) is 14.7. The molecule has 14 nitrogen and oxygen atoms in total. The lowest BCUT2D eigenvalue weighted by Crippen LogP contribution is -2.51. The van der Waals surface area contributed by atoms with Gasteiger partial charge in [0.1, 0.15) is 24.7 Å². The smallest absolute Gasteiger partial charge is 0.419 e. The summed E-state index contributed by atoms with van der Waals surface area (Å²) in [5, 5.41) is 7.19. The first-order valence-electron chi connectivity index (χ1n) is 19.1. The van der Waals surface area contributed by atoms with Crippen molar-refractivity contribution in [3.63, 3.8) is 0 Å². The lowest BCUT2D eigenvalue weighted by atomic mass is 10.1. The number of rotatable bonds is 10. The number of aryl methyl sites for hydroxylation is 1. The van der Waals surface area contributed by atoms with Gasteiger partial charge in [-0.05, 0) is 42.2 Å². The number of fused-ring (bicyclic) bond motifs is 2. The Labute approximate surface area is 344 Å². The van der Waals surface area contributed by atoms with Gasteiger partial charge in [0.25, 0.3) is 11.5 Å². The van der Waals surface area contributed by atoms with Crippen molar-refractivity contribution in [1.29, 1.82) is 0 Å². The van der Waals surface area contributed by atoms with Gasteiger partial charge in [0, 0.05) is 44.8 Å². The fraction of sp³-hybridized carbons (Fsp3) is 0.317. The summed E-state index contributed by atoms with van der Waals surface area (Å²) >= 11 is 6.08. The third-order valence-electron chi connectivity index (χ3n) is 10.6. The minimum atomic E-state index is -5.00. The van der Waals surface area contributed by atoms with Gasteiger partial charge in [0.15, 0.2) is 17.3 Å². The largest absolute Gasteiger partial charge is 0.486 e. The van der Waals surface area contributed by atoms with Gasteiger partial charge in [-0.1, -0.05) is 54.9 Å². The Balaban J connectivity index is 1.10. The molecule has 8 rings (SSSR count). The Bertz CT molecular complexity index is 2720. The zero-order valence-electron chi connectivity index (χ0n) is 32.4. The number of pyridine rings is 1. The lowest BCUT2D eigenvalue weighted by molar-refractivity contribution is -0.140.